The Bertz CT molecular complexity index is 890. The molecule has 130 valence electrons. The minimum absolute atomic E-state index is 0.0437. The molecule has 1 heterocycles. The highest BCUT2D eigenvalue weighted by molar-refractivity contribution is 5.87. The van der Waals surface area contributed by atoms with Crippen LogP contribution >= 0.6 is 0 Å². The lowest BCUT2D eigenvalue weighted by molar-refractivity contribution is -0.385. The molecule has 5 nitrogen and oxygen atoms in total. The molecule has 0 spiro atoms. The van der Waals surface area contributed by atoms with Crippen molar-refractivity contribution in [1.29, 1.82) is 0 Å². The molecule has 1 aliphatic heterocycles. The van der Waals surface area contributed by atoms with Crippen LogP contribution in [-0.4, -0.2) is 17.6 Å². The Morgan fingerprint density at radius 2 is 1.88 bits per heavy atom. The first-order valence-corrected chi connectivity index (χ1v) is 7.87. The third kappa shape index (κ3) is 2.73. The number of halogens is 1. The maximum absolute atomic E-state index is 14.2. The van der Waals surface area contributed by atoms with E-state index in [4.69, 9.17) is 4.74 Å². The Hall–Kier alpha value is -2.89. The fraction of sp³-hybridized carbons (Fsp3) is 0.263. The molecule has 0 aromatic heterocycles. The minimum Gasteiger partial charge on any atom is -0.489 e. The van der Waals surface area contributed by atoms with Crippen LogP contribution in [0.5, 0.6) is 5.75 Å². The van der Waals surface area contributed by atoms with E-state index < -0.39 is 22.0 Å². The number of nitrogens with zero attached hydrogens (tertiary/aromatic N) is 2. The van der Waals surface area contributed by atoms with Gasteiger partial charge in [0.2, 0.25) is 5.75 Å². The quantitative estimate of drug-likeness (QED) is 0.577. The first-order valence-electron chi connectivity index (χ1n) is 7.87. The van der Waals surface area contributed by atoms with E-state index in [2.05, 4.69) is 6.08 Å². The smallest absolute Gasteiger partial charge is 0.316 e. The van der Waals surface area contributed by atoms with E-state index in [0.717, 1.165) is 22.9 Å². The van der Waals surface area contributed by atoms with E-state index in [1.54, 1.807) is 0 Å². The summed E-state index contributed by atoms with van der Waals surface area (Å²) in [6.07, 6.45) is 2.06. The second-order valence-corrected chi connectivity index (χ2v) is 6.57. The number of hydrogen-bond acceptors (Lipinski definition) is 4. The summed E-state index contributed by atoms with van der Waals surface area (Å²) in [5, 5.41) is 11.4. The largest absolute Gasteiger partial charge is 0.489 e. The van der Waals surface area contributed by atoms with Gasteiger partial charge in [0.25, 0.3) is 0 Å². The molecule has 0 unspecified atom stereocenters. The number of methoxy groups -OCH3 is 1. The summed E-state index contributed by atoms with van der Waals surface area (Å²) >= 11 is 0. The second kappa shape index (κ2) is 5.88. The monoisotopic (exact) mass is 342 g/mol. The molecule has 0 saturated heterocycles. The van der Waals surface area contributed by atoms with E-state index in [9.17, 15) is 14.5 Å². The van der Waals surface area contributed by atoms with Gasteiger partial charge in [0.15, 0.2) is 0 Å². The first kappa shape index (κ1) is 17.0. The molecule has 0 saturated carbocycles. The van der Waals surface area contributed by atoms with Crippen molar-refractivity contribution in [2.45, 2.75) is 26.3 Å². The molecule has 6 heteroatoms. The number of fused-ring (bicyclic) bond motifs is 1. The SMILES string of the molecule is COc1c(N2c3ccccc3C(C)=CC2(C)C)cc(F)cc1[N+](=O)[O-]. The predicted molar refractivity (Wildman–Crippen MR) is 95.9 cm³/mol. The zero-order valence-electron chi connectivity index (χ0n) is 14.5. The minimum atomic E-state index is -0.679. The van der Waals surface area contributed by atoms with Crippen LogP contribution in [0.4, 0.5) is 21.5 Å². The van der Waals surface area contributed by atoms with Crippen LogP contribution in [0.1, 0.15) is 26.3 Å². The molecule has 0 aliphatic carbocycles. The van der Waals surface area contributed by atoms with E-state index in [1.165, 1.54) is 13.2 Å². The van der Waals surface area contributed by atoms with Crippen molar-refractivity contribution in [3.05, 3.63) is 64.0 Å². The molecule has 0 amide bonds. The van der Waals surface area contributed by atoms with Crippen LogP contribution < -0.4 is 9.64 Å². The van der Waals surface area contributed by atoms with Crippen molar-refractivity contribution in [2.24, 2.45) is 0 Å². The Labute approximate surface area is 145 Å². The molecular weight excluding hydrogens is 323 g/mol. The van der Waals surface area contributed by atoms with E-state index >= 15 is 0 Å². The number of ether oxygens (including phenoxy) is 1. The maximum atomic E-state index is 14.2. The van der Waals surface area contributed by atoms with Crippen LogP contribution in [0, 0.1) is 15.9 Å². The van der Waals surface area contributed by atoms with Crippen molar-refractivity contribution in [3.8, 4) is 5.75 Å². The lowest BCUT2D eigenvalue weighted by atomic mass is 9.88. The highest BCUT2D eigenvalue weighted by atomic mass is 19.1. The Morgan fingerprint density at radius 1 is 1.20 bits per heavy atom. The van der Waals surface area contributed by atoms with E-state index in [1.807, 2.05) is 49.9 Å². The van der Waals surface area contributed by atoms with Gasteiger partial charge in [-0.05, 0) is 32.4 Å². The average Bonchev–Trinajstić information content (AvgIpc) is 2.53. The number of para-hydroxylation sites is 1. The van der Waals surface area contributed by atoms with Gasteiger partial charge in [-0.1, -0.05) is 24.3 Å². The third-order valence-corrected chi connectivity index (χ3v) is 4.37. The number of allylic oxidation sites excluding steroid dienone is 1. The topological polar surface area (TPSA) is 55.6 Å². The lowest BCUT2D eigenvalue weighted by Crippen LogP contribution is -2.41. The number of rotatable bonds is 3. The maximum Gasteiger partial charge on any atom is 0.316 e. The molecule has 25 heavy (non-hydrogen) atoms. The zero-order chi connectivity index (χ0) is 18.4. The fourth-order valence-corrected chi connectivity index (χ4v) is 3.50. The average molecular weight is 342 g/mol. The predicted octanol–water partition coefficient (Wildman–Crippen LogP) is 5.08. The van der Waals surface area contributed by atoms with Crippen LogP contribution in [0.3, 0.4) is 0 Å². The van der Waals surface area contributed by atoms with Crippen molar-refractivity contribution >= 4 is 22.6 Å². The van der Waals surface area contributed by atoms with Gasteiger partial charge in [0.05, 0.1) is 29.3 Å². The summed E-state index contributed by atoms with van der Waals surface area (Å²) in [5.41, 5.74) is 2.36. The van der Waals surface area contributed by atoms with E-state index in [0.29, 0.717) is 5.69 Å². The number of benzene rings is 2. The van der Waals surface area contributed by atoms with Gasteiger partial charge in [-0.3, -0.25) is 10.1 Å². The Morgan fingerprint density at radius 3 is 2.52 bits per heavy atom. The van der Waals surface area contributed by atoms with Crippen LogP contribution in [0.2, 0.25) is 0 Å². The summed E-state index contributed by atoms with van der Waals surface area (Å²) in [7, 11) is 1.35. The standard InChI is InChI=1S/C19H19FN2O3/c1-12-11-19(2,3)21(15-8-6-5-7-14(12)15)16-9-13(20)10-17(22(23)24)18(16)25-4/h5-11H,1-4H3. The molecule has 1 aliphatic rings. The summed E-state index contributed by atoms with van der Waals surface area (Å²) in [6, 6.07) is 9.87. The van der Waals surface area contributed by atoms with Crippen LogP contribution in [-0.2, 0) is 0 Å². The molecular formula is C19H19FN2O3. The second-order valence-electron chi connectivity index (χ2n) is 6.57. The summed E-state index contributed by atoms with van der Waals surface area (Å²) in [6.45, 7) is 5.97. The zero-order valence-corrected chi connectivity index (χ0v) is 14.5. The highest BCUT2D eigenvalue weighted by Crippen LogP contribution is 2.49. The van der Waals surface area contributed by atoms with Gasteiger partial charge in [-0.25, -0.2) is 4.39 Å². The van der Waals surface area contributed by atoms with E-state index in [-0.39, 0.29) is 5.75 Å². The van der Waals surface area contributed by atoms with Gasteiger partial charge in [-0.15, -0.1) is 0 Å². The van der Waals surface area contributed by atoms with Crippen molar-refractivity contribution in [3.63, 3.8) is 0 Å². The van der Waals surface area contributed by atoms with Crippen LogP contribution in [0.15, 0.2) is 42.5 Å². The molecule has 0 fully saturated rings. The van der Waals surface area contributed by atoms with Gasteiger partial charge >= 0.3 is 5.69 Å². The van der Waals surface area contributed by atoms with Gasteiger partial charge in [0.1, 0.15) is 5.82 Å². The summed E-state index contributed by atoms with van der Waals surface area (Å²) in [5.74, 6) is -0.635. The molecule has 0 radical (unpaired) electrons. The highest BCUT2D eigenvalue weighted by Gasteiger charge is 2.36. The molecule has 2 aromatic carbocycles. The van der Waals surface area contributed by atoms with Gasteiger partial charge < -0.3 is 9.64 Å². The number of anilines is 2. The third-order valence-electron chi connectivity index (χ3n) is 4.37. The van der Waals surface area contributed by atoms with Crippen molar-refractivity contribution in [1.82, 2.24) is 0 Å². The van der Waals surface area contributed by atoms with Crippen LogP contribution in [0.25, 0.3) is 5.57 Å². The summed E-state index contributed by atoms with van der Waals surface area (Å²) in [4.78, 5) is 12.6. The molecule has 0 bridgehead atoms. The number of nitro groups is 1. The molecule has 2 aromatic rings. The molecule has 0 N–H and O–H groups in total. The van der Waals surface area contributed by atoms with Gasteiger partial charge in [-0.2, -0.15) is 0 Å². The van der Waals surface area contributed by atoms with Crippen molar-refractivity contribution in [2.75, 3.05) is 12.0 Å². The summed E-state index contributed by atoms with van der Waals surface area (Å²) < 4.78 is 19.5. The molecule has 0 atom stereocenters. The first-order chi connectivity index (χ1) is 11.8. The number of nitro benzene ring substituents is 1. The fourth-order valence-electron chi connectivity index (χ4n) is 3.50. The Balaban J connectivity index is 2.34. The van der Waals surface area contributed by atoms with Gasteiger partial charge in [0, 0.05) is 17.3 Å². The molecule has 3 rings (SSSR count). The van der Waals surface area contributed by atoms with Crippen molar-refractivity contribution < 1.29 is 14.1 Å². The Kier molecular flexibility index (Phi) is 3.99. The number of hydrogen-bond donors (Lipinski definition) is 0. The lowest BCUT2D eigenvalue weighted by Gasteiger charge is -2.43. The normalized spacial score (nSPS) is 15.4.